The summed E-state index contributed by atoms with van der Waals surface area (Å²) >= 11 is 0. The van der Waals surface area contributed by atoms with Gasteiger partial charge in [0.05, 0.1) is 17.6 Å². The van der Waals surface area contributed by atoms with Gasteiger partial charge in [-0.2, -0.15) is 5.26 Å². The summed E-state index contributed by atoms with van der Waals surface area (Å²) in [6.07, 6.45) is 12.3. The van der Waals surface area contributed by atoms with Crippen molar-refractivity contribution in [3.8, 4) is 6.07 Å². The van der Waals surface area contributed by atoms with Gasteiger partial charge in [0.15, 0.2) is 11.4 Å². The lowest BCUT2D eigenvalue weighted by atomic mass is 9.73. The Morgan fingerprint density at radius 2 is 2.02 bits per heavy atom. The van der Waals surface area contributed by atoms with Crippen molar-refractivity contribution in [1.82, 2.24) is 19.9 Å². The Kier molecular flexibility index (Phi) is 8.96. The first-order chi connectivity index (χ1) is 25.6. The van der Waals surface area contributed by atoms with Crippen LogP contribution in [-0.2, 0) is 16.9 Å². The lowest BCUT2D eigenvalue weighted by Crippen LogP contribution is -2.42. The second-order valence-corrected chi connectivity index (χ2v) is 14.8. The molecule has 2 fully saturated rings. The van der Waals surface area contributed by atoms with Gasteiger partial charge in [-0.05, 0) is 85.2 Å². The van der Waals surface area contributed by atoms with Gasteiger partial charge in [-0.15, -0.1) is 0 Å². The largest absolute Gasteiger partial charge is 0.481 e. The number of carbonyl (C=O) groups is 1. The fourth-order valence-electron chi connectivity index (χ4n) is 8.44. The van der Waals surface area contributed by atoms with Gasteiger partial charge in [0.25, 0.3) is 0 Å². The normalized spacial score (nSPS) is 24.4. The molecule has 1 saturated carbocycles. The number of nitriles is 1. The molecule has 11 heteroatoms. The number of hydrogen-bond acceptors (Lipinski definition) is 10. The Morgan fingerprint density at radius 1 is 1.17 bits per heavy atom. The van der Waals surface area contributed by atoms with Crippen LogP contribution in [0.15, 0.2) is 83.6 Å². The highest BCUT2D eigenvalue weighted by Crippen LogP contribution is 2.46. The Labute approximate surface area is 308 Å². The first-order valence-corrected chi connectivity index (χ1v) is 18.3. The van der Waals surface area contributed by atoms with Gasteiger partial charge in [-0.3, -0.25) is 14.7 Å². The molecule has 11 nitrogen and oxygen atoms in total. The lowest BCUT2D eigenvalue weighted by molar-refractivity contribution is -0.141. The molecule has 3 N–H and O–H groups in total. The molecule has 5 atom stereocenters. The first kappa shape index (κ1) is 34.5. The number of aliphatic carboxylic acids is 1. The highest BCUT2D eigenvalue weighted by Gasteiger charge is 2.45. The van der Waals surface area contributed by atoms with Crippen LogP contribution in [0, 0.1) is 30.1 Å². The Balaban J connectivity index is 1.21. The molecule has 1 saturated heterocycles. The molecule has 0 spiro atoms. The van der Waals surface area contributed by atoms with E-state index < -0.39 is 11.5 Å². The maximum absolute atomic E-state index is 11.7. The molecule has 2 aromatic carbocycles. The number of likely N-dealkylation sites (tertiary alicyclic amines) is 1. The van der Waals surface area contributed by atoms with Gasteiger partial charge in [0, 0.05) is 62.1 Å². The molecule has 5 aromatic rings. The Morgan fingerprint density at radius 3 is 2.77 bits per heavy atom. The van der Waals surface area contributed by atoms with Gasteiger partial charge in [-0.1, -0.05) is 43.3 Å². The summed E-state index contributed by atoms with van der Waals surface area (Å²) in [6.45, 7) is 6.47. The Hall–Kier alpha value is -5.57. The number of pyridine rings is 2. The van der Waals surface area contributed by atoms with Crippen LogP contribution in [0.5, 0.6) is 0 Å². The maximum atomic E-state index is 11.7. The first-order valence-electron chi connectivity index (χ1n) is 18.3. The molecule has 3 aromatic heterocycles. The average Bonchev–Trinajstić information content (AvgIpc) is 3.93. The second kappa shape index (κ2) is 13.8. The summed E-state index contributed by atoms with van der Waals surface area (Å²) in [5, 5.41) is 34.7. The summed E-state index contributed by atoms with van der Waals surface area (Å²) in [5.74, 6) is -0.379. The van der Waals surface area contributed by atoms with Crippen LogP contribution < -0.4 is 10.2 Å². The molecular weight excluding hydrogens is 667 g/mol. The van der Waals surface area contributed by atoms with Crippen LogP contribution in [0.3, 0.4) is 0 Å². The number of aliphatic hydroxyl groups is 1. The molecule has 3 aliphatic rings. The zero-order chi connectivity index (χ0) is 36.9. The predicted molar refractivity (Wildman–Crippen MR) is 204 cm³/mol. The lowest BCUT2D eigenvalue weighted by Gasteiger charge is -2.39. The number of β-amino-alcohol motifs (C(OH)–C–C–N with tert-alkyl or cyclic N) is 1. The van der Waals surface area contributed by atoms with E-state index in [2.05, 4.69) is 65.4 Å². The van der Waals surface area contributed by atoms with E-state index in [1.807, 2.05) is 43.6 Å². The number of rotatable bonds is 9. The average molecular weight is 710 g/mol. The van der Waals surface area contributed by atoms with Crippen molar-refractivity contribution in [2.75, 3.05) is 30.4 Å². The zero-order valence-electron chi connectivity index (χ0n) is 30.2. The summed E-state index contributed by atoms with van der Waals surface area (Å²) in [6, 6.07) is 18.5. The van der Waals surface area contributed by atoms with Crippen LogP contribution in [0.25, 0.3) is 27.6 Å². The van der Waals surface area contributed by atoms with E-state index in [-0.39, 0.29) is 24.0 Å². The third-order valence-corrected chi connectivity index (χ3v) is 11.5. The predicted octanol–water partition coefficient (Wildman–Crippen LogP) is 6.80. The van der Waals surface area contributed by atoms with Crippen molar-refractivity contribution in [3.05, 3.63) is 107 Å². The smallest absolute Gasteiger partial charge is 0.306 e. The molecule has 3 unspecified atom stereocenters. The molecule has 270 valence electrons. The second-order valence-electron chi connectivity index (χ2n) is 14.8. The molecule has 1 aliphatic heterocycles. The number of hydrogen-bond donors (Lipinski definition) is 3. The van der Waals surface area contributed by atoms with Crippen molar-refractivity contribution in [2.24, 2.45) is 11.8 Å². The summed E-state index contributed by atoms with van der Waals surface area (Å²) < 4.78 is 6.67. The quantitative estimate of drug-likeness (QED) is 0.148. The number of oxazole rings is 1. The molecular formula is C42H43N7O4. The fourth-order valence-corrected chi connectivity index (χ4v) is 8.44. The Bertz CT molecular complexity index is 2330. The van der Waals surface area contributed by atoms with Gasteiger partial charge >= 0.3 is 5.97 Å². The van der Waals surface area contributed by atoms with Crippen molar-refractivity contribution in [2.45, 2.75) is 63.8 Å². The number of fused-ring (bicyclic) bond motifs is 2. The van der Waals surface area contributed by atoms with Crippen LogP contribution in [0.2, 0.25) is 0 Å². The number of anilines is 2. The highest BCUT2D eigenvalue weighted by molar-refractivity contribution is 5.90. The van der Waals surface area contributed by atoms with Crippen LogP contribution in [0.1, 0.15) is 60.8 Å². The molecule has 0 bridgehead atoms. The monoisotopic (exact) mass is 709 g/mol. The highest BCUT2D eigenvalue weighted by atomic mass is 16.4. The minimum atomic E-state index is -1.03. The minimum Gasteiger partial charge on any atom is -0.481 e. The number of aliphatic hydroxyl groups excluding tert-OH is 1. The van der Waals surface area contributed by atoms with E-state index in [9.17, 15) is 20.3 Å². The number of aryl methyl sites for hydroxylation is 1. The molecule has 53 heavy (non-hydrogen) atoms. The molecule has 4 heterocycles. The van der Waals surface area contributed by atoms with Gasteiger partial charge in [0.2, 0.25) is 5.89 Å². The number of carboxylic acids is 1. The minimum absolute atomic E-state index is 0.0370. The third-order valence-electron chi connectivity index (χ3n) is 11.5. The number of aromatic nitrogens is 3. The number of carboxylic acid groups (broad SMARTS) is 1. The zero-order valence-corrected chi connectivity index (χ0v) is 30.2. The number of nitrogens with one attached hydrogen (secondary N) is 1. The third kappa shape index (κ3) is 6.32. The molecule has 8 rings (SSSR count). The van der Waals surface area contributed by atoms with Gasteiger partial charge < -0.3 is 24.8 Å². The topological polar surface area (TPSA) is 152 Å². The van der Waals surface area contributed by atoms with Crippen molar-refractivity contribution < 1.29 is 19.4 Å². The summed E-state index contributed by atoms with van der Waals surface area (Å²) in [4.78, 5) is 30.9. The van der Waals surface area contributed by atoms with E-state index in [4.69, 9.17) is 19.4 Å². The van der Waals surface area contributed by atoms with Gasteiger partial charge in [0.1, 0.15) is 22.6 Å². The van der Waals surface area contributed by atoms with Crippen LogP contribution in [0.4, 0.5) is 11.5 Å². The molecule has 0 amide bonds. The molecule has 0 radical (unpaired) electrons. The van der Waals surface area contributed by atoms with E-state index in [0.29, 0.717) is 59.8 Å². The SMILES string of the molecule is Cc1ccccc1C1=CC=CC(Nc2nccc3cc(CN4CC[C@@H](O)C4)cnc23)(c2nc3cc(N(C)C4CC[C@H](C(=O)O)C4)cc(C#N)c3o2)C1C. The van der Waals surface area contributed by atoms with Gasteiger partial charge in [-0.25, -0.2) is 9.97 Å². The number of nitrogens with zero attached hydrogens (tertiary/aromatic N) is 6. The van der Waals surface area contributed by atoms with Crippen LogP contribution in [-0.4, -0.2) is 68.3 Å². The van der Waals surface area contributed by atoms with E-state index in [0.717, 1.165) is 52.7 Å². The van der Waals surface area contributed by atoms with Crippen molar-refractivity contribution in [1.29, 1.82) is 5.26 Å². The number of allylic oxidation sites excluding steroid dienone is 2. The van der Waals surface area contributed by atoms with Crippen molar-refractivity contribution in [3.63, 3.8) is 0 Å². The summed E-state index contributed by atoms with van der Waals surface area (Å²) in [5.41, 5.74) is 6.18. The van der Waals surface area contributed by atoms with Crippen LogP contribution >= 0.6 is 0 Å². The van der Waals surface area contributed by atoms with E-state index in [1.165, 1.54) is 0 Å². The standard InChI is InChI=1S/C42H43N7O4/c1-25-7-4-5-8-34(25)35-9-6-14-42(26(35)2,47-39-37-28(12-15-44-39)17-27(22-45-37)23-49-16-13-33(50)24-49)41-46-36-20-32(19-30(21-43)38(36)53-41)48(3)31-11-10-29(18-31)40(51)52/h4-9,12,14-15,17,19-20,22,26,29,31,33,50H,10-11,13,16,18,23-24H2,1-3H3,(H,44,47)(H,51,52)/t26?,29-,31?,33+,42?/m0/s1. The fraction of sp³-hybridized carbons (Fsp3) is 0.357. The number of benzene rings is 2. The molecule has 2 aliphatic carbocycles. The van der Waals surface area contributed by atoms with E-state index in [1.54, 1.807) is 12.3 Å². The van der Waals surface area contributed by atoms with Crippen molar-refractivity contribution >= 4 is 45.1 Å². The maximum Gasteiger partial charge on any atom is 0.306 e. The summed E-state index contributed by atoms with van der Waals surface area (Å²) in [7, 11) is 1.95. The van der Waals surface area contributed by atoms with E-state index >= 15 is 0 Å².